The fourth-order valence-corrected chi connectivity index (χ4v) is 3.65. The van der Waals surface area contributed by atoms with Gasteiger partial charge in [0, 0.05) is 253 Å². The predicted octanol–water partition coefficient (Wildman–Crippen LogP) is 6.20. The van der Waals surface area contributed by atoms with Crippen LogP contribution in [0, 0.1) is 36.3 Å². The quantitative estimate of drug-likeness (QED) is 0.296. The van der Waals surface area contributed by atoms with Crippen molar-refractivity contribution in [3.8, 4) is 0 Å². The van der Waals surface area contributed by atoms with E-state index in [-0.39, 0.29) is 253 Å². The van der Waals surface area contributed by atoms with E-state index in [9.17, 15) is 0 Å². The van der Waals surface area contributed by atoms with Crippen LogP contribution in [-0.2, 0) is 330 Å². The van der Waals surface area contributed by atoms with Crippen LogP contribution in [0.4, 0.5) is 0 Å². The van der Waals surface area contributed by atoms with E-state index in [0.717, 1.165) is 24.0 Å². The van der Waals surface area contributed by atoms with Gasteiger partial charge in [-0.25, -0.2) is 0 Å². The molecule has 2 aliphatic carbocycles. The Labute approximate surface area is 482 Å². The van der Waals surface area contributed by atoms with Crippen molar-refractivity contribution >= 4 is 16.6 Å². The molecule has 0 aliphatic heterocycles. The average Bonchev–Trinajstić information content (AvgIpc) is 3.18. The summed E-state index contributed by atoms with van der Waals surface area (Å²) in [6, 6.07) is 0. The van der Waals surface area contributed by atoms with Crippen LogP contribution in [0.1, 0.15) is 75.2 Å². The van der Waals surface area contributed by atoms with E-state index in [1.807, 2.05) is 0 Å². The molecule has 0 saturated heterocycles. The first kappa shape index (κ1) is 93.9. The molecule has 0 spiro atoms. The van der Waals surface area contributed by atoms with E-state index in [2.05, 4.69) is 83.3 Å². The fourth-order valence-electron chi connectivity index (χ4n) is 2.07. The summed E-state index contributed by atoms with van der Waals surface area (Å²) in [5, 5.41) is 0. The van der Waals surface area contributed by atoms with Crippen molar-refractivity contribution in [2.45, 2.75) is 75.2 Å². The van der Waals surface area contributed by atoms with Gasteiger partial charge in [0.15, 0.2) is 0 Å². The van der Waals surface area contributed by atoms with Crippen LogP contribution in [-0.4, -0.2) is 16.6 Å². The molecule has 43 heavy (non-hydrogen) atoms. The minimum Gasteiger partial charge on any atom is 0 e. The van der Waals surface area contributed by atoms with Gasteiger partial charge in [-0.15, -0.1) is 0 Å². The molecule has 0 N–H and O–H groups in total. The van der Waals surface area contributed by atoms with Crippen molar-refractivity contribution < 1.29 is 330 Å². The minimum atomic E-state index is 0. The number of allylic oxidation sites excluding steroid dienone is 6. The van der Waals surface area contributed by atoms with Gasteiger partial charge in [-0.1, -0.05) is 0 Å². The van der Waals surface area contributed by atoms with Gasteiger partial charge in [0.1, 0.15) is 0 Å². The smallest absolute Gasteiger partial charge is 0 e. The van der Waals surface area contributed by atoms with E-state index in [1.165, 1.54) is 96.4 Å². The predicted molar refractivity (Wildman–Crippen MR) is 125 cm³/mol. The molecule has 0 saturated carbocycles. The normalized spacial score (nSPS) is 11.2. The van der Waals surface area contributed by atoms with E-state index >= 15 is 0 Å². The third-order valence-corrected chi connectivity index (χ3v) is 10.3. The van der Waals surface area contributed by atoms with Crippen LogP contribution in [0.2, 0.25) is 0 Å². The molecule has 0 fully saturated rings. The SMILES string of the molecule is CC(C)[C-]=[W].CC(C)[C-]=[W].[CH-]=C1C=C(C(C)C)C[C]1=[W].[CH-]=C1CC(C(C)(C)C)=C[C]1=[W].[W].[W].[W].[W].[W].[W].[W].[W].[W].[W].[W].[W]. The molecule has 0 amide bonds. The van der Waals surface area contributed by atoms with Crippen LogP contribution >= 0.6 is 0 Å². The number of hydrogen-bond donors (Lipinski definition) is 0. The summed E-state index contributed by atoms with van der Waals surface area (Å²) < 4.78 is 8.96. The maximum atomic E-state index is 5.81. The second-order valence-corrected chi connectivity index (χ2v) is 14.5. The van der Waals surface area contributed by atoms with E-state index in [1.54, 1.807) is 0 Å². The summed E-state index contributed by atoms with van der Waals surface area (Å²) in [6.07, 6.45) is 6.50. The van der Waals surface area contributed by atoms with Crippen LogP contribution in [0.3, 0.4) is 0 Å². The van der Waals surface area contributed by atoms with Gasteiger partial charge in [-0.05, 0) is 0 Å². The zero-order valence-corrected chi connectivity index (χ0v) is 72.4. The molecule has 2 rings (SSSR count). The molecule has 2 aliphatic rings. The van der Waals surface area contributed by atoms with Crippen LogP contribution in [0.15, 0.2) is 34.4 Å². The summed E-state index contributed by atoms with van der Waals surface area (Å²) in [4.78, 5) is 0. The molecule has 0 aromatic heterocycles. The van der Waals surface area contributed by atoms with Gasteiger partial charge in [-0.2, -0.15) is 0 Å². The summed E-state index contributed by atoms with van der Waals surface area (Å²) >= 11 is 5.90. The third kappa shape index (κ3) is 55.9. The summed E-state index contributed by atoms with van der Waals surface area (Å²) in [7, 11) is 0. The molecule has 0 nitrogen and oxygen atoms in total. The van der Waals surface area contributed by atoms with E-state index in [0.29, 0.717) is 23.2 Å². The van der Waals surface area contributed by atoms with Crippen LogP contribution in [0.5, 0.6) is 0 Å². The molecular formula is C27H38W16-4. The Morgan fingerprint density at radius 1 is 0.628 bits per heavy atom. The Kier molecular flexibility index (Phi) is 122. The fraction of sp³-hybridized carbons (Fsp3) is 0.556. The summed E-state index contributed by atoms with van der Waals surface area (Å²) in [5.41, 5.74) is 5.34. The van der Waals surface area contributed by atoms with Crippen molar-refractivity contribution in [1.82, 2.24) is 0 Å². The zero-order chi connectivity index (χ0) is 24.9. The second-order valence-electron chi connectivity index (χ2n) is 9.46. The van der Waals surface area contributed by atoms with Gasteiger partial charge in [0.25, 0.3) is 0 Å². The molecule has 0 unspecified atom stereocenters. The standard InChI is InChI=1S/C10H13.C9H11.2C4H7.16W/c1-8-5-6-9(7-8)10(2,3)4;1-7(2)9-5-4-8(3)6-9;2*1-4(2)3;;;;;;;;;;;;;;;;/h1,6H,7H2,2-4H3;3,6-7H,5H2,1-2H3;2*4H,1-2H3;;;;;;;;;;;;;;;;/q4*-1;;;;;;;;;;;;;;;;. The van der Waals surface area contributed by atoms with Gasteiger partial charge >= 0.3 is 240 Å². The first-order valence-electron chi connectivity index (χ1n) is 10.5. The van der Waals surface area contributed by atoms with Crippen LogP contribution in [0.25, 0.3) is 0 Å². The Morgan fingerprint density at radius 2 is 0.930 bits per heavy atom. The maximum absolute atomic E-state index is 5.81. The molecule has 16 heteroatoms. The van der Waals surface area contributed by atoms with Crippen molar-refractivity contribution in [2.75, 3.05) is 0 Å². The van der Waals surface area contributed by atoms with Gasteiger partial charge in [0.2, 0.25) is 0 Å². The molecule has 246 valence electrons. The van der Waals surface area contributed by atoms with Crippen molar-refractivity contribution in [3.63, 3.8) is 0 Å². The Hall–Kier alpha value is 9.45. The molecule has 0 heterocycles. The molecule has 0 aromatic rings. The van der Waals surface area contributed by atoms with Gasteiger partial charge in [0.05, 0.1) is 0 Å². The number of rotatable bonds is 3. The van der Waals surface area contributed by atoms with Gasteiger partial charge in [-0.3, -0.25) is 0 Å². The zero-order valence-electron chi connectivity index (χ0n) is 25.5. The minimum absolute atomic E-state index is 0. The summed E-state index contributed by atoms with van der Waals surface area (Å²) in [5.74, 6) is 2.00. The second kappa shape index (κ2) is 55.8. The first-order valence-corrected chi connectivity index (χ1v) is 16.4. The maximum Gasteiger partial charge on any atom is 0 e. The van der Waals surface area contributed by atoms with E-state index < -0.39 is 0 Å². The van der Waals surface area contributed by atoms with Crippen molar-refractivity contribution in [1.29, 1.82) is 0 Å². The van der Waals surface area contributed by atoms with Gasteiger partial charge < -0.3 is 0 Å². The molecule has 0 atom stereocenters. The molecule has 0 radical (unpaired) electrons. The molecule has 0 aromatic carbocycles. The third-order valence-electron chi connectivity index (χ3n) is 4.21. The Bertz CT molecular complexity index is 735. The van der Waals surface area contributed by atoms with Crippen molar-refractivity contribution in [2.24, 2.45) is 23.2 Å². The molecular weight excluding hydrogens is 3270 g/mol. The van der Waals surface area contributed by atoms with Crippen molar-refractivity contribution in [3.05, 3.63) is 47.6 Å². The average molecular weight is 3300 g/mol. The monoisotopic (exact) mass is 3310 g/mol. The first-order chi connectivity index (χ1) is 14.1. The van der Waals surface area contributed by atoms with Crippen LogP contribution < -0.4 is 0 Å². The largest absolute Gasteiger partial charge is 0 e. The number of hydrogen-bond acceptors (Lipinski definition) is 0. The Balaban J connectivity index is -0.0000000207. The molecule has 0 bridgehead atoms. The summed E-state index contributed by atoms with van der Waals surface area (Å²) in [6.45, 7) is 31.2. The van der Waals surface area contributed by atoms with E-state index in [4.69, 9.17) is 13.2 Å². The topological polar surface area (TPSA) is 0 Å². The Morgan fingerprint density at radius 3 is 1.02 bits per heavy atom.